The fourth-order valence-corrected chi connectivity index (χ4v) is 2.82. The minimum Gasteiger partial charge on any atom is -0.376 e. The molecule has 2 aromatic carbocycles. The first-order valence-electron chi connectivity index (χ1n) is 7.15. The Morgan fingerprint density at radius 1 is 1.05 bits per heavy atom. The lowest BCUT2D eigenvalue weighted by Crippen LogP contribution is -2.13. The van der Waals surface area contributed by atoms with E-state index in [2.05, 4.69) is 64.0 Å². The molecule has 2 N–H and O–H groups in total. The Hall–Kier alpha value is -2.29. The molecule has 1 aliphatic carbocycles. The van der Waals surface area contributed by atoms with Crippen LogP contribution in [0.4, 0.5) is 5.69 Å². The van der Waals surface area contributed by atoms with Gasteiger partial charge in [0.15, 0.2) is 0 Å². The lowest BCUT2D eigenvalue weighted by Gasteiger charge is -2.20. The van der Waals surface area contributed by atoms with Crippen molar-refractivity contribution in [2.24, 2.45) is 5.92 Å². The van der Waals surface area contributed by atoms with Crippen molar-refractivity contribution in [1.82, 2.24) is 10.2 Å². The average molecular weight is 263 g/mol. The van der Waals surface area contributed by atoms with E-state index < -0.39 is 0 Å². The maximum absolute atomic E-state index is 4.14. The van der Waals surface area contributed by atoms with Gasteiger partial charge in [0.05, 0.1) is 23.4 Å². The number of para-hydroxylation sites is 1. The first kappa shape index (κ1) is 11.5. The highest BCUT2D eigenvalue weighted by Crippen LogP contribution is 2.43. The highest BCUT2D eigenvalue weighted by molar-refractivity contribution is 5.90. The van der Waals surface area contributed by atoms with Crippen molar-refractivity contribution in [3.63, 3.8) is 0 Å². The Kier molecular flexibility index (Phi) is 2.69. The zero-order valence-electron chi connectivity index (χ0n) is 11.2. The predicted molar refractivity (Wildman–Crippen MR) is 81.6 cm³/mol. The molecule has 0 aliphatic heterocycles. The van der Waals surface area contributed by atoms with Crippen molar-refractivity contribution in [2.45, 2.75) is 18.9 Å². The Balaban J connectivity index is 1.70. The second-order valence-corrected chi connectivity index (χ2v) is 5.51. The Morgan fingerprint density at radius 3 is 2.70 bits per heavy atom. The Bertz CT molecular complexity index is 713. The molecule has 0 amide bonds. The van der Waals surface area contributed by atoms with E-state index in [1.54, 1.807) is 0 Å². The summed E-state index contributed by atoms with van der Waals surface area (Å²) in [5, 5.41) is 12.1. The third kappa shape index (κ3) is 2.05. The van der Waals surface area contributed by atoms with Gasteiger partial charge in [-0.15, -0.1) is 0 Å². The fourth-order valence-electron chi connectivity index (χ4n) is 2.82. The zero-order chi connectivity index (χ0) is 13.4. The average Bonchev–Trinajstić information content (AvgIpc) is 3.22. The molecule has 1 unspecified atom stereocenters. The van der Waals surface area contributed by atoms with Crippen LogP contribution in [0.1, 0.15) is 24.4 Å². The van der Waals surface area contributed by atoms with Crippen LogP contribution in [-0.2, 0) is 0 Å². The summed E-state index contributed by atoms with van der Waals surface area (Å²) in [6.07, 6.45) is 4.49. The summed E-state index contributed by atoms with van der Waals surface area (Å²) < 4.78 is 0. The Morgan fingerprint density at radius 2 is 1.90 bits per heavy atom. The molecule has 3 heteroatoms. The van der Waals surface area contributed by atoms with Crippen molar-refractivity contribution in [2.75, 3.05) is 5.32 Å². The first-order chi connectivity index (χ1) is 9.92. The van der Waals surface area contributed by atoms with Gasteiger partial charge in [0, 0.05) is 5.39 Å². The van der Waals surface area contributed by atoms with Gasteiger partial charge in [0.25, 0.3) is 0 Å². The second kappa shape index (κ2) is 4.67. The van der Waals surface area contributed by atoms with Gasteiger partial charge in [-0.2, -0.15) is 5.10 Å². The van der Waals surface area contributed by atoms with Crippen LogP contribution in [0, 0.1) is 5.92 Å². The highest BCUT2D eigenvalue weighted by atomic mass is 15.1. The second-order valence-electron chi connectivity index (χ2n) is 5.51. The number of hydrogen-bond acceptors (Lipinski definition) is 2. The number of fused-ring (bicyclic) bond motifs is 1. The molecular weight excluding hydrogens is 246 g/mol. The predicted octanol–water partition coefficient (Wildman–Crippen LogP) is 4.13. The van der Waals surface area contributed by atoms with Crippen molar-refractivity contribution < 1.29 is 0 Å². The molecule has 0 spiro atoms. The fraction of sp³-hybridized carbons (Fsp3) is 0.235. The van der Waals surface area contributed by atoms with Crippen LogP contribution in [-0.4, -0.2) is 10.2 Å². The van der Waals surface area contributed by atoms with Crippen LogP contribution < -0.4 is 5.32 Å². The summed E-state index contributed by atoms with van der Waals surface area (Å²) in [6.45, 7) is 0. The smallest absolute Gasteiger partial charge is 0.0881 e. The highest BCUT2D eigenvalue weighted by Gasteiger charge is 2.32. The van der Waals surface area contributed by atoms with E-state index in [1.165, 1.54) is 18.4 Å². The molecule has 0 bridgehead atoms. The molecule has 1 aromatic heterocycles. The summed E-state index contributed by atoms with van der Waals surface area (Å²) in [5.74, 6) is 0.746. The lowest BCUT2D eigenvalue weighted by atomic mass is 10.0. The summed E-state index contributed by atoms with van der Waals surface area (Å²) in [5.41, 5.74) is 3.60. The number of aromatic nitrogens is 2. The van der Waals surface area contributed by atoms with Crippen LogP contribution in [0.5, 0.6) is 0 Å². The molecular formula is C17H17N3. The third-order valence-electron chi connectivity index (χ3n) is 4.04. The van der Waals surface area contributed by atoms with E-state index in [1.807, 2.05) is 6.20 Å². The van der Waals surface area contributed by atoms with E-state index in [9.17, 15) is 0 Å². The number of rotatable bonds is 4. The van der Waals surface area contributed by atoms with Gasteiger partial charge in [-0.25, -0.2) is 0 Å². The van der Waals surface area contributed by atoms with E-state index >= 15 is 0 Å². The van der Waals surface area contributed by atoms with Gasteiger partial charge in [-0.05, 0) is 30.4 Å². The minimum absolute atomic E-state index is 0.394. The molecule has 1 atom stereocenters. The van der Waals surface area contributed by atoms with Crippen LogP contribution in [0.3, 0.4) is 0 Å². The molecule has 3 nitrogen and oxygen atoms in total. The third-order valence-corrected chi connectivity index (χ3v) is 4.04. The van der Waals surface area contributed by atoms with E-state index in [0.29, 0.717) is 6.04 Å². The standard InChI is InChI=1S/C17H17N3/c1-2-5-12(6-3-1)16(13-9-10-13)19-15-8-4-7-14-11-18-20-17(14)15/h1-8,11,13,16,19H,9-10H2,(H,18,20). The quantitative estimate of drug-likeness (QED) is 0.743. The summed E-state index contributed by atoms with van der Waals surface area (Å²) in [4.78, 5) is 0. The summed E-state index contributed by atoms with van der Waals surface area (Å²) in [7, 11) is 0. The minimum atomic E-state index is 0.394. The van der Waals surface area contributed by atoms with Gasteiger partial charge in [0.2, 0.25) is 0 Å². The van der Waals surface area contributed by atoms with Gasteiger partial charge in [0.1, 0.15) is 0 Å². The van der Waals surface area contributed by atoms with Gasteiger partial charge in [-0.1, -0.05) is 42.5 Å². The molecule has 1 heterocycles. The first-order valence-corrected chi connectivity index (χ1v) is 7.15. The van der Waals surface area contributed by atoms with E-state index in [4.69, 9.17) is 0 Å². The monoisotopic (exact) mass is 263 g/mol. The molecule has 1 fully saturated rings. The largest absolute Gasteiger partial charge is 0.376 e. The number of benzene rings is 2. The number of anilines is 1. The number of hydrogen-bond donors (Lipinski definition) is 2. The van der Waals surface area contributed by atoms with Crippen molar-refractivity contribution in [1.29, 1.82) is 0 Å². The molecule has 3 aromatic rings. The van der Waals surface area contributed by atoms with Crippen LogP contribution in [0.25, 0.3) is 10.9 Å². The summed E-state index contributed by atoms with van der Waals surface area (Å²) >= 11 is 0. The molecule has 20 heavy (non-hydrogen) atoms. The molecule has 4 rings (SSSR count). The number of aromatic amines is 1. The van der Waals surface area contributed by atoms with Crippen LogP contribution in [0.2, 0.25) is 0 Å². The Labute approximate surface area is 118 Å². The van der Waals surface area contributed by atoms with Crippen LogP contribution in [0.15, 0.2) is 54.7 Å². The van der Waals surface area contributed by atoms with Crippen molar-refractivity contribution in [3.05, 3.63) is 60.3 Å². The summed E-state index contributed by atoms with van der Waals surface area (Å²) in [6, 6.07) is 17.4. The van der Waals surface area contributed by atoms with Gasteiger partial charge in [-0.3, -0.25) is 5.10 Å². The lowest BCUT2D eigenvalue weighted by molar-refractivity contribution is 0.679. The molecule has 0 radical (unpaired) electrons. The van der Waals surface area contributed by atoms with Gasteiger partial charge < -0.3 is 5.32 Å². The topological polar surface area (TPSA) is 40.7 Å². The zero-order valence-corrected chi connectivity index (χ0v) is 11.2. The normalized spacial score (nSPS) is 16.2. The van der Waals surface area contributed by atoms with Crippen molar-refractivity contribution >= 4 is 16.6 Å². The number of nitrogens with zero attached hydrogens (tertiary/aromatic N) is 1. The van der Waals surface area contributed by atoms with Crippen molar-refractivity contribution in [3.8, 4) is 0 Å². The van der Waals surface area contributed by atoms with Gasteiger partial charge >= 0.3 is 0 Å². The molecule has 100 valence electrons. The van der Waals surface area contributed by atoms with E-state index in [-0.39, 0.29) is 0 Å². The maximum atomic E-state index is 4.14. The van der Waals surface area contributed by atoms with E-state index in [0.717, 1.165) is 22.5 Å². The number of H-pyrrole nitrogens is 1. The molecule has 0 saturated heterocycles. The molecule has 1 aliphatic rings. The van der Waals surface area contributed by atoms with Crippen LogP contribution >= 0.6 is 0 Å². The maximum Gasteiger partial charge on any atom is 0.0881 e. The molecule has 1 saturated carbocycles. The number of nitrogens with one attached hydrogen (secondary N) is 2. The SMILES string of the molecule is c1ccc(C(Nc2cccc3cn[nH]c23)C2CC2)cc1.